The van der Waals surface area contributed by atoms with Gasteiger partial charge >= 0.3 is 0 Å². The summed E-state index contributed by atoms with van der Waals surface area (Å²) in [6.45, 7) is 0. The third kappa shape index (κ3) is 2.95. The van der Waals surface area contributed by atoms with Crippen LogP contribution in [0.1, 0.15) is 0 Å². The molecule has 2 aromatic heterocycles. The second-order valence-electron chi connectivity index (χ2n) is 6.06. The largest absolute Gasteiger partial charge is 0.457 e. The van der Waals surface area contributed by atoms with E-state index < -0.39 is 0 Å². The Kier molecular flexibility index (Phi) is 3.68. The van der Waals surface area contributed by atoms with Gasteiger partial charge < -0.3 is 14.5 Å². The maximum Gasteiger partial charge on any atom is 0.196 e. The van der Waals surface area contributed by atoms with E-state index in [-0.39, 0.29) is 0 Å². The number of anilines is 2. The molecule has 0 aliphatic heterocycles. The van der Waals surface area contributed by atoms with Crippen molar-refractivity contribution in [3.8, 4) is 11.5 Å². The lowest BCUT2D eigenvalue weighted by atomic mass is 10.2. The van der Waals surface area contributed by atoms with Crippen LogP contribution in [0.15, 0.2) is 89.6 Å². The molecule has 3 aromatic carbocycles. The van der Waals surface area contributed by atoms with Crippen molar-refractivity contribution in [1.29, 1.82) is 0 Å². The fraction of sp³-hybridized carbons (Fsp3) is 0. The Bertz CT molecular complexity index is 1210. The summed E-state index contributed by atoms with van der Waals surface area (Å²) in [5, 5.41) is 4.27. The van der Waals surface area contributed by atoms with Gasteiger partial charge in [-0.15, -0.1) is 0 Å². The zero-order valence-electron chi connectivity index (χ0n) is 14.3. The van der Waals surface area contributed by atoms with Crippen LogP contribution in [0.25, 0.3) is 22.1 Å². The maximum absolute atomic E-state index is 5.95. The lowest BCUT2D eigenvalue weighted by Gasteiger charge is -2.08. The molecule has 0 spiro atoms. The van der Waals surface area contributed by atoms with Crippen LogP contribution in [0.3, 0.4) is 0 Å². The number of nitrogens with zero attached hydrogens (tertiary/aromatic N) is 2. The molecular formula is C22H15N3O2. The average Bonchev–Trinajstić information content (AvgIpc) is 3.10. The zero-order chi connectivity index (χ0) is 18.1. The number of hydrogen-bond acceptors (Lipinski definition) is 5. The van der Waals surface area contributed by atoms with E-state index in [1.54, 1.807) is 6.33 Å². The van der Waals surface area contributed by atoms with Gasteiger partial charge in [0, 0.05) is 11.1 Å². The van der Waals surface area contributed by atoms with E-state index in [1.165, 1.54) is 0 Å². The molecule has 0 saturated heterocycles. The maximum atomic E-state index is 5.95. The molecule has 0 aliphatic rings. The molecule has 5 nitrogen and oxygen atoms in total. The molecule has 0 bridgehead atoms. The van der Waals surface area contributed by atoms with Gasteiger partial charge in [0.05, 0.1) is 0 Å². The van der Waals surface area contributed by atoms with Crippen LogP contribution >= 0.6 is 0 Å². The SMILES string of the molecule is c1ccc(Oc2ccc(Nc3ncnc4c3oc3ccccc34)cc2)cc1. The Morgan fingerprint density at radius 1 is 0.741 bits per heavy atom. The van der Waals surface area contributed by atoms with Crippen LogP contribution in [0.4, 0.5) is 11.5 Å². The van der Waals surface area contributed by atoms with Crippen molar-refractivity contribution in [2.45, 2.75) is 0 Å². The van der Waals surface area contributed by atoms with Crippen LogP contribution < -0.4 is 10.1 Å². The zero-order valence-corrected chi connectivity index (χ0v) is 14.3. The summed E-state index contributed by atoms with van der Waals surface area (Å²) in [5.41, 5.74) is 3.12. The van der Waals surface area contributed by atoms with Crippen molar-refractivity contribution in [3.63, 3.8) is 0 Å². The van der Waals surface area contributed by atoms with E-state index in [2.05, 4.69) is 15.3 Å². The first-order chi connectivity index (χ1) is 13.4. The van der Waals surface area contributed by atoms with Crippen molar-refractivity contribution in [2.24, 2.45) is 0 Å². The van der Waals surface area contributed by atoms with Gasteiger partial charge in [0.2, 0.25) is 0 Å². The molecule has 0 atom stereocenters. The van der Waals surface area contributed by atoms with Crippen molar-refractivity contribution in [1.82, 2.24) is 9.97 Å². The van der Waals surface area contributed by atoms with Crippen LogP contribution in [-0.4, -0.2) is 9.97 Å². The Labute approximate surface area is 155 Å². The second-order valence-corrected chi connectivity index (χ2v) is 6.06. The average molecular weight is 353 g/mol. The minimum atomic E-state index is 0.632. The van der Waals surface area contributed by atoms with E-state index in [0.717, 1.165) is 33.7 Å². The van der Waals surface area contributed by atoms with Crippen molar-refractivity contribution in [3.05, 3.63) is 85.2 Å². The topological polar surface area (TPSA) is 60.2 Å². The number of aromatic nitrogens is 2. The van der Waals surface area contributed by atoms with Gasteiger partial charge in [-0.2, -0.15) is 0 Å². The van der Waals surface area contributed by atoms with Crippen molar-refractivity contribution >= 4 is 33.6 Å². The number of hydrogen-bond donors (Lipinski definition) is 1. The van der Waals surface area contributed by atoms with Gasteiger partial charge in [0.15, 0.2) is 11.4 Å². The monoisotopic (exact) mass is 353 g/mol. The molecule has 0 fully saturated rings. The second kappa shape index (κ2) is 6.46. The summed E-state index contributed by atoms with van der Waals surface area (Å²) < 4.78 is 11.8. The first-order valence-electron chi connectivity index (χ1n) is 8.59. The number of benzene rings is 3. The summed E-state index contributed by atoms with van der Waals surface area (Å²) in [5.74, 6) is 2.20. The predicted molar refractivity (Wildman–Crippen MR) is 106 cm³/mol. The first-order valence-corrected chi connectivity index (χ1v) is 8.59. The first kappa shape index (κ1) is 15.4. The third-order valence-corrected chi connectivity index (χ3v) is 4.25. The summed E-state index contributed by atoms with van der Waals surface area (Å²) in [7, 11) is 0. The quantitative estimate of drug-likeness (QED) is 0.435. The molecule has 0 unspecified atom stereocenters. The molecule has 27 heavy (non-hydrogen) atoms. The Morgan fingerprint density at radius 2 is 1.48 bits per heavy atom. The number of rotatable bonds is 4. The number of fused-ring (bicyclic) bond motifs is 3. The fourth-order valence-electron chi connectivity index (χ4n) is 2.98. The number of ether oxygens (including phenoxy) is 1. The molecule has 2 heterocycles. The predicted octanol–water partition coefficient (Wildman–Crippen LogP) is 5.91. The highest BCUT2D eigenvalue weighted by Gasteiger charge is 2.12. The fourth-order valence-corrected chi connectivity index (χ4v) is 2.98. The third-order valence-electron chi connectivity index (χ3n) is 4.25. The van der Waals surface area contributed by atoms with Crippen molar-refractivity contribution < 1.29 is 9.15 Å². The molecule has 0 radical (unpaired) electrons. The summed E-state index contributed by atoms with van der Waals surface area (Å²) >= 11 is 0. The van der Waals surface area contributed by atoms with Gasteiger partial charge in [0.1, 0.15) is 28.9 Å². The highest BCUT2D eigenvalue weighted by atomic mass is 16.5. The van der Waals surface area contributed by atoms with Gasteiger partial charge in [-0.05, 0) is 48.5 Å². The smallest absolute Gasteiger partial charge is 0.196 e. The molecule has 130 valence electrons. The normalized spacial score (nSPS) is 11.0. The Balaban J connectivity index is 1.43. The molecule has 5 rings (SSSR count). The van der Waals surface area contributed by atoms with E-state index >= 15 is 0 Å². The van der Waals surface area contributed by atoms with Gasteiger partial charge in [0.25, 0.3) is 0 Å². The molecular weight excluding hydrogens is 338 g/mol. The van der Waals surface area contributed by atoms with E-state index in [4.69, 9.17) is 9.15 Å². The number of para-hydroxylation sites is 2. The van der Waals surface area contributed by atoms with Gasteiger partial charge in [-0.25, -0.2) is 9.97 Å². The summed E-state index contributed by atoms with van der Waals surface area (Å²) in [6, 6.07) is 25.2. The highest BCUT2D eigenvalue weighted by Crippen LogP contribution is 2.32. The van der Waals surface area contributed by atoms with Gasteiger partial charge in [-0.1, -0.05) is 30.3 Å². The Morgan fingerprint density at radius 3 is 2.33 bits per heavy atom. The lowest BCUT2D eigenvalue weighted by molar-refractivity contribution is 0.483. The standard InChI is InChI=1S/C22H15N3O2/c1-2-6-16(7-3-1)26-17-12-10-15(11-13-17)25-22-21-20(23-14-24-22)18-8-4-5-9-19(18)27-21/h1-14H,(H,23,24,25). The molecule has 0 saturated carbocycles. The Hall–Kier alpha value is -3.86. The van der Waals surface area contributed by atoms with Crippen LogP contribution in [0.2, 0.25) is 0 Å². The lowest BCUT2D eigenvalue weighted by Crippen LogP contribution is -1.94. The highest BCUT2D eigenvalue weighted by molar-refractivity contribution is 6.05. The molecule has 5 heteroatoms. The minimum Gasteiger partial charge on any atom is -0.457 e. The molecule has 5 aromatic rings. The van der Waals surface area contributed by atoms with Crippen molar-refractivity contribution in [2.75, 3.05) is 5.32 Å². The minimum absolute atomic E-state index is 0.632. The van der Waals surface area contributed by atoms with E-state index in [9.17, 15) is 0 Å². The van der Waals surface area contributed by atoms with E-state index in [1.807, 2.05) is 78.9 Å². The van der Waals surface area contributed by atoms with Crippen LogP contribution in [-0.2, 0) is 0 Å². The van der Waals surface area contributed by atoms with Gasteiger partial charge in [-0.3, -0.25) is 0 Å². The van der Waals surface area contributed by atoms with Crippen LogP contribution in [0, 0.1) is 0 Å². The van der Waals surface area contributed by atoms with Crippen LogP contribution in [0.5, 0.6) is 11.5 Å². The summed E-state index contributed by atoms with van der Waals surface area (Å²) in [6.07, 6.45) is 1.54. The molecule has 0 amide bonds. The molecule has 1 N–H and O–H groups in total. The summed E-state index contributed by atoms with van der Waals surface area (Å²) in [4.78, 5) is 8.71. The van der Waals surface area contributed by atoms with E-state index in [0.29, 0.717) is 11.4 Å². The number of nitrogens with one attached hydrogen (secondary N) is 1. The molecule has 0 aliphatic carbocycles. The number of furan rings is 1.